The monoisotopic (exact) mass is 307 g/mol. The van der Waals surface area contributed by atoms with E-state index < -0.39 is 0 Å². The van der Waals surface area contributed by atoms with Gasteiger partial charge in [0.15, 0.2) is 6.61 Å². The molecule has 0 fully saturated rings. The molecule has 0 unspecified atom stereocenters. The minimum atomic E-state index is -0.335. The fourth-order valence-electron chi connectivity index (χ4n) is 1.81. The molecule has 0 saturated heterocycles. The van der Waals surface area contributed by atoms with E-state index in [1.165, 1.54) is 18.2 Å². The number of halogens is 2. The Morgan fingerprint density at radius 1 is 1.19 bits per heavy atom. The lowest BCUT2D eigenvalue weighted by Gasteiger charge is -2.10. The smallest absolute Gasteiger partial charge is 0.262 e. The van der Waals surface area contributed by atoms with E-state index in [-0.39, 0.29) is 18.3 Å². The largest absolute Gasteiger partial charge is 0.484 e. The average Bonchev–Trinajstić information content (AvgIpc) is 2.43. The lowest BCUT2D eigenvalue weighted by Crippen LogP contribution is -2.20. The third-order valence-electron chi connectivity index (χ3n) is 2.96. The van der Waals surface area contributed by atoms with E-state index in [4.69, 9.17) is 16.3 Å². The minimum absolute atomic E-state index is 0.127. The van der Waals surface area contributed by atoms with Crippen molar-refractivity contribution < 1.29 is 13.9 Å². The number of ether oxygens (including phenoxy) is 1. The molecule has 5 heteroatoms. The van der Waals surface area contributed by atoms with Crippen molar-refractivity contribution in [2.45, 2.75) is 13.8 Å². The first-order chi connectivity index (χ1) is 9.95. The van der Waals surface area contributed by atoms with Gasteiger partial charge in [0.25, 0.3) is 5.91 Å². The van der Waals surface area contributed by atoms with Crippen LogP contribution in [0, 0.1) is 19.7 Å². The Morgan fingerprint density at radius 2 is 1.95 bits per heavy atom. The molecule has 0 heterocycles. The van der Waals surface area contributed by atoms with E-state index in [2.05, 4.69) is 5.32 Å². The molecule has 2 aromatic carbocycles. The summed E-state index contributed by atoms with van der Waals surface area (Å²) in [5.74, 6) is -0.0708. The maximum atomic E-state index is 13.0. The third-order valence-corrected chi connectivity index (χ3v) is 3.39. The van der Waals surface area contributed by atoms with Gasteiger partial charge in [0.1, 0.15) is 11.6 Å². The van der Waals surface area contributed by atoms with Gasteiger partial charge >= 0.3 is 0 Å². The van der Waals surface area contributed by atoms with Crippen LogP contribution in [0.15, 0.2) is 36.4 Å². The Labute approximate surface area is 127 Å². The van der Waals surface area contributed by atoms with Crippen molar-refractivity contribution in [1.82, 2.24) is 0 Å². The maximum absolute atomic E-state index is 13.0. The number of amides is 1. The predicted octanol–water partition coefficient (Wildman–Crippen LogP) is 4.11. The normalized spacial score (nSPS) is 10.3. The molecule has 0 atom stereocenters. The fourth-order valence-corrected chi connectivity index (χ4v) is 1.93. The fraction of sp³-hybridized carbons (Fsp3) is 0.188. The molecule has 0 bridgehead atoms. The van der Waals surface area contributed by atoms with Crippen LogP contribution >= 0.6 is 11.6 Å². The zero-order valence-electron chi connectivity index (χ0n) is 11.7. The van der Waals surface area contributed by atoms with Crippen molar-refractivity contribution in [2.24, 2.45) is 0 Å². The quantitative estimate of drug-likeness (QED) is 0.923. The number of aryl methyl sites for hydroxylation is 2. The van der Waals surface area contributed by atoms with Gasteiger partial charge in [-0.2, -0.15) is 0 Å². The molecule has 2 rings (SSSR count). The number of hydrogen-bond acceptors (Lipinski definition) is 2. The van der Waals surface area contributed by atoms with Crippen molar-refractivity contribution >= 4 is 23.2 Å². The lowest BCUT2D eigenvalue weighted by atomic mass is 10.2. The van der Waals surface area contributed by atoms with Crippen molar-refractivity contribution in [1.29, 1.82) is 0 Å². The summed E-state index contributed by atoms with van der Waals surface area (Å²) in [4.78, 5) is 11.8. The summed E-state index contributed by atoms with van der Waals surface area (Å²) >= 11 is 5.92. The molecule has 1 amide bonds. The Hall–Kier alpha value is -2.07. The zero-order chi connectivity index (χ0) is 15.4. The molecule has 2 aromatic rings. The lowest BCUT2D eigenvalue weighted by molar-refractivity contribution is -0.118. The van der Waals surface area contributed by atoms with Crippen LogP contribution in [-0.4, -0.2) is 12.5 Å². The highest BCUT2D eigenvalue weighted by Crippen LogP contribution is 2.21. The van der Waals surface area contributed by atoms with E-state index >= 15 is 0 Å². The third kappa shape index (κ3) is 4.20. The Morgan fingerprint density at radius 3 is 2.62 bits per heavy atom. The van der Waals surface area contributed by atoms with Gasteiger partial charge in [0, 0.05) is 10.7 Å². The van der Waals surface area contributed by atoms with E-state index in [1.54, 1.807) is 25.1 Å². The number of nitrogens with one attached hydrogen (secondary N) is 1. The zero-order valence-corrected chi connectivity index (χ0v) is 12.5. The molecule has 0 aliphatic rings. The van der Waals surface area contributed by atoms with Crippen LogP contribution in [0.1, 0.15) is 11.1 Å². The predicted molar refractivity (Wildman–Crippen MR) is 81.5 cm³/mol. The Bertz CT molecular complexity index is 673. The first kappa shape index (κ1) is 15.3. The van der Waals surface area contributed by atoms with Crippen molar-refractivity contribution in [3.63, 3.8) is 0 Å². The minimum Gasteiger partial charge on any atom is -0.484 e. The summed E-state index contributed by atoms with van der Waals surface area (Å²) in [6.07, 6.45) is 0. The SMILES string of the molecule is Cc1cc(OCC(=O)Nc2ccc(F)cc2C)ccc1Cl. The molecule has 0 saturated carbocycles. The Balaban J connectivity index is 1.94. The molecule has 0 spiro atoms. The highest BCUT2D eigenvalue weighted by Gasteiger charge is 2.07. The van der Waals surface area contributed by atoms with Crippen LogP contribution in [0.25, 0.3) is 0 Å². The molecule has 110 valence electrons. The molecular weight excluding hydrogens is 293 g/mol. The van der Waals surface area contributed by atoms with E-state index in [1.807, 2.05) is 6.92 Å². The van der Waals surface area contributed by atoms with E-state index in [9.17, 15) is 9.18 Å². The summed E-state index contributed by atoms with van der Waals surface area (Å²) in [5, 5.41) is 3.32. The van der Waals surface area contributed by atoms with Gasteiger partial charge in [-0.3, -0.25) is 4.79 Å². The molecule has 0 aromatic heterocycles. The second kappa shape index (κ2) is 6.59. The van der Waals surface area contributed by atoms with Crippen LogP contribution in [0.2, 0.25) is 5.02 Å². The molecule has 21 heavy (non-hydrogen) atoms. The summed E-state index contributed by atoms with van der Waals surface area (Å²) in [5.41, 5.74) is 2.10. The molecule has 0 aliphatic heterocycles. The summed E-state index contributed by atoms with van der Waals surface area (Å²) in [6, 6.07) is 9.36. The average molecular weight is 308 g/mol. The number of hydrogen-bond donors (Lipinski definition) is 1. The van der Waals surface area contributed by atoms with E-state index in [0.717, 1.165) is 5.56 Å². The molecule has 0 aliphatic carbocycles. The summed E-state index contributed by atoms with van der Waals surface area (Å²) in [6.45, 7) is 3.46. The van der Waals surface area contributed by atoms with Gasteiger partial charge in [-0.25, -0.2) is 4.39 Å². The van der Waals surface area contributed by atoms with Gasteiger partial charge in [-0.05, 0) is 61.4 Å². The second-order valence-electron chi connectivity index (χ2n) is 4.71. The Kier molecular flexibility index (Phi) is 4.81. The van der Waals surface area contributed by atoms with Crippen molar-refractivity contribution in [3.8, 4) is 5.75 Å². The maximum Gasteiger partial charge on any atom is 0.262 e. The van der Waals surface area contributed by atoms with Crippen LogP contribution in [-0.2, 0) is 4.79 Å². The van der Waals surface area contributed by atoms with Gasteiger partial charge < -0.3 is 10.1 Å². The van der Waals surface area contributed by atoms with Crippen LogP contribution in [0.4, 0.5) is 10.1 Å². The van der Waals surface area contributed by atoms with Crippen molar-refractivity contribution in [3.05, 3.63) is 58.4 Å². The van der Waals surface area contributed by atoms with Crippen LogP contribution < -0.4 is 10.1 Å². The molecule has 0 radical (unpaired) electrons. The highest BCUT2D eigenvalue weighted by atomic mass is 35.5. The van der Waals surface area contributed by atoms with Crippen LogP contribution in [0.5, 0.6) is 5.75 Å². The number of carbonyl (C=O) groups excluding carboxylic acids is 1. The number of benzene rings is 2. The van der Waals surface area contributed by atoms with Crippen LogP contribution in [0.3, 0.4) is 0 Å². The first-order valence-corrected chi connectivity index (χ1v) is 6.78. The van der Waals surface area contributed by atoms with Crippen molar-refractivity contribution in [2.75, 3.05) is 11.9 Å². The van der Waals surface area contributed by atoms with Gasteiger partial charge in [0.05, 0.1) is 0 Å². The second-order valence-corrected chi connectivity index (χ2v) is 5.11. The standard InChI is InChI=1S/C16H15ClFNO2/c1-10-8-13(4-5-14(10)17)21-9-16(20)19-15-6-3-12(18)7-11(15)2/h3-8H,9H2,1-2H3,(H,19,20). The topological polar surface area (TPSA) is 38.3 Å². The van der Waals surface area contributed by atoms with Gasteiger partial charge in [-0.1, -0.05) is 11.6 Å². The molecular formula is C16H15ClFNO2. The molecule has 3 nitrogen and oxygen atoms in total. The number of rotatable bonds is 4. The first-order valence-electron chi connectivity index (χ1n) is 6.40. The highest BCUT2D eigenvalue weighted by molar-refractivity contribution is 6.31. The number of anilines is 1. The summed E-state index contributed by atoms with van der Waals surface area (Å²) in [7, 11) is 0. The van der Waals surface area contributed by atoms with Gasteiger partial charge in [-0.15, -0.1) is 0 Å². The number of carbonyl (C=O) groups is 1. The van der Waals surface area contributed by atoms with E-state index in [0.29, 0.717) is 22.0 Å². The molecule has 1 N–H and O–H groups in total. The summed E-state index contributed by atoms with van der Waals surface area (Å²) < 4.78 is 18.4. The van der Waals surface area contributed by atoms with Gasteiger partial charge in [0.2, 0.25) is 0 Å².